The van der Waals surface area contributed by atoms with E-state index in [0.29, 0.717) is 25.9 Å². The number of nitrogens with one attached hydrogen (secondary N) is 2. The van der Waals surface area contributed by atoms with E-state index in [2.05, 4.69) is 20.6 Å². The van der Waals surface area contributed by atoms with E-state index in [1.807, 2.05) is 78.8 Å². The normalized spacial score (nSPS) is 19.0. The van der Waals surface area contributed by atoms with E-state index < -0.39 is 35.4 Å². The van der Waals surface area contributed by atoms with Crippen LogP contribution in [-0.4, -0.2) is 69.1 Å². The van der Waals surface area contributed by atoms with E-state index in [1.165, 1.54) is 18.6 Å². The van der Waals surface area contributed by atoms with E-state index in [-0.39, 0.29) is 41.9 Å². The first-order valence-electron chi connectivity index (χ1n) is 15.2. The van der Waals surface area contributed by atoms with Crippen molar-refractivity contribution in [2.24, 2.45) is 17.3 Å². The van der Waals surface area contributed by atoms with Gasteiger partial charge >= 0.3 is 0 Å². The summed E-state index contributed by atoms with van der Waals surface area (Å²) in [7, 11) is 0. The van der Waals surface area contributed by atoms with Crippen LogP contribution in [0.15, 0.2) is 48.9 Å². The van der Waals surface area contributed by atoms with Crippen molar-refractivity contribution in [2.45, 2.75) is 98.6 Å². The average molecular weight is 594 g/mol. The standard InChI is InChI=1S/C33H47N5O5/c1-8-22(4)28(37-30(40)25(16-21(2)3)36-31(41)26-18-34-14-15-35-26)32(42)38-19-24(17-27(38)29(39)33(5,6)7)43-20-23-12-10-9-11-13-23/h9-15,18,21-22,24-25,27-28H,8,16-17,19-20H2,1-7H3,(H,36,41)(H,37,40)/t22-,24+,25-,27-,28-/m0/s1. The Balaban J connectivity index is 1.82. The number of hydrogen-bond acceptors (Lipinski definition) is 7. The van der Waals surface area contributed by atoms with E-state index in [9.17, 15) is 19.2 Å². The minimum absolute atomic E-state index is 0.0465. The number of Topliss-reactive ketones (excluding diaryl/α,β-unsaturated/α-hetero) is 1. The van der Waals surface area contributed by atoms with Gasteiger partial charge in [-0.25, -0.2) is 4.98 Å². The summed E-state index contributed by atoms with van der Waals surface area (Å²) >= 11 is 0. The number of hydrogen-bond donors (Lipinski definition) is 2. The highest BCUT2D eigenvalue weighted by molar-refractivity contribution is 5.98. The van der Waals surface area contributed by atoms with E-state index >= 15 is 0 Å². The zero-order chi connectivity index (χ0) is 31.7. The predicted octanol–water partition coefficient (Wildman–Crippen LogP) is 3.95. The highest BCUT2D eigenvalue weighted by Crippen LogP contribution is 2.30. The molecule has 2 heterocycles. The minimum atomic E-state index is -0.888. The molecule has 1 aromatic heterocycles. The number of ketones is 1. The summed E-state index contributed by atoms with van der Waals surface area (Å²) < 4.78 is 6.19. The molecule has 234 valence electrons. The van der Waals surface area contributed by atoms with Crippen LogP contribution in [0, 0.1) is 17.3 Å². The van der Waals surface area contributed by atoms with Crippen LogP contribution in [0.25, 0.3) is 0 Å². The Hall–Kier alpha value is -3.66. The van der Waals surface area contributed by atoms with Crippen LogP contribution in [0.1, 0.15) is 83.8 Å². The second-order valence-corrected chi connectivity index (χ2v) is 12.9. The van der Waals surface area contributed by atoms with Gasteiger partial charge in [-0.2, -0.15) is 0 Å². The maximum absolute atomic E-state index is 14.2. The molecule has 1 saturated heterocycles. The number of nitrogens with zero attached hydrogens (tertiary/aromatic N) is 3. The molecule has 2 aromatic rings. The van der Waals surface area contributed by atoms with E-state index in [0.717, 1.165) is 5.56 Å². The number of likely N-dealkylation sites (tertiary alicyclic amines) is 1. The highest BCUT2D eigenvalue weighted by atomic mass is 16.5. The molecule has 3 amide bonds. The fourth-order valence-electron chi connectivity index (χ4n) is 5.17. The largest absolute Gasteiger partial charge is 0.372 e. The third-order valence-corrected chi connectivity index (χ3v) is 7.82. The van der Waals surface area contributed by atoms with Gasteiger partial charge < -0.3 is 20.3 Å². The molecule has 1 aliphatic rings. The van der Waals surface area contributed by atoms with Gasteiger partial charge in [-0.15, -0.1) is 0 Å². The lowest BCUT2D eigenvalue weighted by atomic mass is 9.85. The number of aromatic nitrogens is 2. The van der Waals surface area contributed by atoms with Crippen LogP contribution in [0.3, 0.4) is 0 Å². The maximum Gasteiger partial charge on any atom is 0.272 e. The Kier molecular flexibility index (Phi) is 11.9. The number of amides is 3. The molecule has 0 aliphatic carbocycles. The van der Waals surface area contributed by atoms with Gasteiger partial charge in [-0.05, 0) is 23.8 Å². The summed E-state index contributed by atoms with van der Waals surface area (Å²) in [4.78, 5) is 63.9. The first-order valence-corrected chi connectivity index (χ1v) is 15.2. The fraction of sp³-hybridized carbons (Fsp3) is 0.576. The summed E-state index contributed by atoms with van der Waals surface area (Å²) in [5, 5.41) is 5.71. The Morgan fingerprint density at radius 1 is 1.05 bits per heavy atom. The molecular formula is C33H47N5O5. The zero-order valence-electron chi connectivity index (χ0n) is 26.5. The summed E-state index contributed by atoms with van der Waals surface area (Å²) in [5.41, 5.74) is 0.441. The number of benzene rings is 1. The number of rotatable bonds is 13. The number of ether oxygens (including phenoxy) is 1. The lowest BCUT2D eigenvalue weighted by Crippen LogP contribution is -2.58. The van der Waals surface area contributed by atoms with E-state index in [1.54, 1.807) is 4.90 Å². The van der Waals surface area contributed by atoms with Gasteiger partial charge in [0.25, 0.3) is 5.91 Å². The summed E-state index contributed by atoms with van der Waals surface area (Å²) in [5.74, 6) is -1.48. The van der Waals surface area contributed by atoms with E-state index in [4.69, 9.17) is 4.74 Å². The summed E-state index contributed by atoms with van der Waals surface area (Å²) in [6.07, 6.45) is 5.26. The van der Waals surface area contributed by atoms with Gasteiger partial charge in [-0.1, -0.05) is 85.2 Å². The molecule has 0 unspecified atom stereocenters. The molecule has 1 aromatic carbocycles. The highest BCUT2D eigenvalue weighted by Gasteiger charge is 2.46. The van der Waals surface area contributed by atoms with Crippen LogP contribution in [0.2, 0.25) is 0 Å². The van der Waals surface area contributed by atoms with Crippen molar-refractivity contribution in [1.29, 1.82) is 0 Å². The third-order valence-electron chi connectivity index (χ3n) is 7.82. The van der Waals surface area contributed by atoms with Crippen molar-refractivity contribution in [3.8, 4) is 0 Å². The van der Waals surface area contributed by atoms with Crippen LogP contribution >= 0.6 is 0 Å². The van der Waals surface area contributed by atoms with Crippen molar-refractivity contribution < 1.29 is 23.9 Å². The van der Waals surface area contributed by atoms with Crippen LogP contribution in [0.4, 0.5) is 0 Å². The van der Waals surface area contributed by atoms with Gasteiger partial charge in [0.05, 0.1) is 24.9 Å². The number of carbonyl (C=O) groups excluding carboxylic acids is 4. The molecule has 10 heteroatoms. The Morgan fingerprint density at radius 3 is 2.33 bits per heavy atom. The molecule has 3 rings (SSSR count). The molecule has 10 nitrogen and oxygen atoms in total. The van der Waals surface area contributed by atoms with Gasteiger partial charge in [0, 0.05) is 30.8 Å². The zero-order valence-corrected chi connectivity index (χ0v) is 26.5. The molecule has 1 fully saturated rings. The first-order chi connectivity index (χ1) is 20.3. The van der Waals surface area contributed by atoms with Crippen molar-refractivity contribution in [2.75, 3.05) is 6.54 Å². The van der Waals surface area contributed by atoms with Crippen molar-refractivity contribution in [1.82, 2.24) is 25.5 Å². The SMILES string of the molecule is CC[C@H](C)[C@H](NC(=O)[C@H](CC(C)C)NC(=O)c1cnccn1)C(=O)N1C[C@H](OCc2ccccc2)C[C@H]1C(=O)C(C)(C)C. The molecule has 0 spiro atoms. The topological polar surface area (TPSA) is 131 Å². The molecule has 43 heavy (non-hydrogen) atoms. The van der Waals surface area contributed by atoms with Crippen molar-refractivity contribution in [3.05, 3.63) is 60.2 Å². The minimum Gasteiger partial charge on any atom is -0.372 e. The smallest absolute Gasteiger partial charge is 0.272 e. The predicted molar refractivity (Wildman–Crippen MR) is 164 cm³/mol. The molecule has 0 saturated carbocycles. The second kappa shape index (κ2) is 15.2. The molecule has 0 radical (unpaired) electrons. The Labute approximate surface area is 255 Å². The molecule has 0 bridgehead atoms. The van der Waals surface area contributed by atoms with Crippen LogP contribution < -0.4 is 10.6 Å². The second-order valence-electron chi connectivity index (χ2n) is 12.9. The first kappa shape index (κ1) is 33.8. The summed E-state index contributed by atoms with van der Waals surface area (Å²) in [6.45, 7) is 13.9. The molecular weight excluding hydrogens is 546 g/mol. The maximum atomic E-state index is 14.2. The average Bonchev–Trinajstić information content (AvgIpc) is 3.41. The van der Waals surface area contributed by atoms with Gasteiger partial charge in [0.2, 0.25) is 11.8 Å². The lowest BCUT2D eigenvalue weighted by molar-refractivity contribution is -0.144. The van der Waals surface area contributed by atoms with Crippen molar-refractivity contribution in [3.63, 3.8) is 0 Å². The van der Waals surface area contributed by atoms with Crippen molar-refractivity contribution >= 4 is 23.5 Å². The Morgan fingerprint density at radius 2 is 1.74 bits per heavy atom. The third kappa shape index (κ3) is 9.41. The lowest BCUT2D eigenvalue weighted by Gasteiger charge is -2.34. The quantitative estimate of drug-likeness (QED) is 0.360. The van der Waals surface area contributed by atoms with Gasteiger partial charge in [0.1, 0.15) is 17.8 Å². The number of carbonyl (C=O) groups is 4. The monoisotopic (exact) mass is 593 g/mol. The van der Waals surface area contributed by atoms with Crippen LogP contribution in [0.5, 0.6) is 0 Å². The fourth-order valence-corrected chi connectivity index (χ4v) is 5.17. The Bertz CT molecular complexity index is 1230. The molecule has 5 atom stereocenters. The van der Waals surface area contributed by atoms with Gasteiger partial charge in [-0.3, -0.25) is 24.2 Å². The van der Waals surface area contributed by atoms with Crippen LogP contribution in [-0.2, 0) is 25.7 Å². The molecule has 1 aliphatic heterocycles. The summed E-state index contributed by atoms with van der Waals surface area (Å²) in [6, 6.07) is 7.33. The molecule has 2 N–H and O–H groups in total. The van der Waals surface area contributed by atoms with Gasteiger partial charge in [0.15, 0.2) is 5.78 Å².